The van der Waals surface area contributed by atoms with Crippen LogP contribution in [0.5, 0.6) is 0 Å². The van der Waals surface area contributed by atoms with Crippen molar-refractivity contribution in [2.24, 2.45) is 0 Å². The van der Waals surface area contributed by atoms with Gasteiger partial charge in [-0.15, -0.1) is 0 Å². The van der Waals surface area contributed by atoms with Crippen LogP contribution in [-0.2, 0) is 23.0 Å². The number of halogens is 1. The van der Waals surface area contributed by atoms with E-state index in [1.807, 2.05) is 24.3 Å². The Morgan fingerprint density at radius 3 is 2.34 bits per heavy atom. The number of nitrogens with zero attached hydrogens (tertiary/aromatic N) is 1. The monoisotopic (exact) mass is 410 g/mol. The average Bonchev–Trinajstić information content (AvgIpc) is 2.75. The van der Waals surface area contributed by atoms with Gasteiger partial charge in [-0.25, -0.2) is 12.8 Å². The Kier molecular flexibility index (Phi) is 5.17. The molecular weight excluding hydrogens is 391 g/mol. The van der Waals surface area contributed by atoms with Gasteiger partial charge >= 0.3 is 0 Å². The van der Waals surface area contributed by atoms with Crippen LogP contribution in [0.3, 0.4) is 0 Å². The highest BCUT2D eigenvalue weighted by Gasteiger charge is 2.29. The SMILES string of the molecule is O=C(Nc1ccc(S(=O)(=O)N2CCc3ccccc3C2)cc1F)c1ccccc1. The Labute approximate surface area is 168 Å². The van der Waals surface area contributed by atoms with E-state index in [0.717, 1.165) is 17.2 Å². The summed E-state index contributed by atoms with van der Waals surface area (Å²) in [6.45, 7) is 0.597. The van der Waals surface area contributed by atoms with Gasteiger partial charge in [-0.05, 0) is 47.9 Å². The Balaban J connectivity index is 1.55. The molecule has 1 aliphatic rings. The summed E-state index contributed by atoms with van der Waals surface area (Å²) in [5, 5.41) is 2.48. The second-order valence-corrected chi connectivity index (χ2v) is 8.76. The fraction of sp³-hybridized carbons (Fsp3) is 0.136. The number of amides is 1. The smallest absolute Gasteiger partial charge is 0.255 e. The number of carbonyl (C=O) groups excluding carboxylic acids is 1. The average molecular weight is 410 g/mol. The predicted octanol–water partition coefficient (Wildman–Crippen LogP) is 3.83. The molecule has 148 valence electrons. The van der Waals surface area contributed by atoms with Crippen LogP contribution in [0, 0.1) is 5.82 Å². The summed E-state index contributed by atoms with van der Waals surface area (Å²) in [6, 6.07) is 19.7. The minimum absolute atomic E-state index is 0.0678. The van der Waals surface area contributed by atoms with Crippen molar-refractivity contribution in [1.29, 1.82) is 0 Å². The molecule has 0 aliphatic carbocycles. The molecule has 0 spiro atoms. The molecule has 3 aromatic rings. The molecule has 0 radical (unpaired) electrons. The number of benzene rings is 3. The lowest BCUT2D eigenvalue weighted by Gasteiger charge is -2.28. The number of anilines is 1. The zero-order valence-electron chi connectivity index (χ0n) is 15.5. The van der Waals surface area contributed by atoms with E-state index >= 15 is 0 Å². The third-order valence-electron chi connectivity index (χ3n) is 4.96. The number of nitrogens with one attached hydrogen (secondary N) is 1. The quantitative estimate of drug-likeness (QED) is 0.711. The highest BCUT2D eigenvalue weighted by molar-refractivity contribution is 7.89. The number of hydrogen-bond donors (Lipinski definition) is 1. The van der Waals surface area contributed by atoms with Gasteiger partial charge < -0.3 is 5.32 Å². The van der Waals surface area contributed by atoms with Crippen LogP contribution >= 0.6 is 0 Å². The van der Waals surface area contributed by atoms with Crippen molar-refractivity contribution in [3.8, 4) is 0 Å². The summed E-state index contributed by atoms with van der Waals surface area (Å²) in [7, 11) is -3.84. The first-order chi connectivity index (χ1) is 13.9. The maximum absolute atomic E-state index is 14.6. The minimum Gasteiger partial charge on any atom is -0.319 e. The van der Waals surface area contributed by atoms with Crippen molar-refractivity contribution in [1.82, 2.24) is 4.31 Å². The molecule has 4 rings (SSSR count). The van der Waals surface area contributed by atoms with Gasteiger partial charge in [-0.3, -0.25) is 4.79 Å². The Hall–Kier alpha value is -3.03. The maximum Gasteiger partial charge on any atom is 0.255 e. The molecule has 5 nitrogen and oxygen atoms in total. The molecule has 0 bridgehead atoms. The molecule has 1 aliphatic heterocycles. The molecule has 0 atom stereocenters. The largest absolute Gasteiger partial charge is 0.319 e. The van der Waals surface area contributed by atoms with Crippen LogP contribution in [0.1, 0.15) is 21.5 Å². The molecule has 1 heterocycles. The van der Waals surface area contributed by atoms with Crippen LogP contribution in [0.25, 0.3) is 0 Å². The molecule has 3 aromatic carbocycles. The van der Waals surface area contributed by atoms with Gasteiger partial charge in [-0.2, -0.15) is 4.31 Å². The van der Waals surface area contributed by atoms with Crippen molar-refractivity contribution in [2.45, 2.75) is 17.9 Å². The molecule has 1 N–H and O–H groups in total. The van der Waals surface area contributed by atoms with E-state index in [4.69, 9.17) is 0 Å². The molecule has 7 heteroatoms. The van der Waals surface area contributed by atoms with E-state index in [-0.39, 0.29) is 17.1 Å². The molecule has 0 saturated carbocycles. The van der Waals surface area contributed by atoms with Crippen molar-refractivity contribution in [2.75, 3.05) is 11.9 Å². The standard InChI is InChI=1S/C22H19FN2O3S/c23-20-14-19(10-11-21(20)24-22(26)17-7-2-1-3-8-17)29(27,28)25-13-12-16-6-4-5-9-18(16)15-25/h1-11,14H,12-13,15H2,(H,24,26). The van der Waals surface area contributed by atoms with Gasteiger partial charge in [0.2, 0.25) is 10.0 Å². The topological polar surface area (TPSA) is 66.5 Å². The van der Waals surface area contributed by atoms with Gasteiger partial charge in [0.15, 0.2) is 0 Å². The number of hydrogen-bond acceptors (Lipinski definition) is 3. The number of carbonyl (C=O) groups is 1. The van der Waals surface area contributed by atoms with E-state index in [9.17, 15) is 17.6 Å². The van der Waals surface area contributed by atoms with Crippen molar-refractivity contribution < 1.29 is 17.6 Å². The molecule has 0 fully saturated rings. The van der Waals surface area contributed by atoms with Gasteiger partial charge in [0, 0.05) is 18.7 Å². The first-order valence-corrected chi connectivity index (χ1v) is 10.6. The fourth-order valence-corrected chi connectivity index (χ4v) is 4.80. The number of sulfonamides is 1. The molecule has 0 unspecified atom stereocenters. The summed E-state index contributed by atoms with van der Waals surface area (Å²) in [4.78, 5) is 12.1. The normalized spacial score (nSPS) is 14.2. The summed E-state index contributed by atoms with van der Waals surface area (Å²) in [5.74, 6) is -1.26. The highest BCUT2D eigenvalue weighted by atomic mass is 32.2. The Bertz CT molecular complexity index is 1160. The predicted molar refractivity (Wildman–Crippen MR) is 109 cm³/mol. The molecule has 1 amide bonds. The number of fused-ring (bicyclic) bond motifs is 1. The van der Waals surface area contributed by atoms with Gasteiger partial charge in [0.25, 0.3) is 5.91 Å². The van der Waals surface area contributed by atoms with Crippen LogP contribution < -0.4 is 5.32 Å². The maximum atomic E-state index is 14.6. The minimum atomic E-state index is -3.84. The van der Waals surface area contributed by atoms with Crippen LogP contribution in [0.15, 0.2) is 77.7 Å². The van der Waals surface area contributed by atoms with Crippen LogP contribution in [-0.4, -0.2) is 25.2 Å². The fourth-order valence-electron chi connectivity index (χ4n) is 3.37. The summed E-state index contributed by atoms with van der Waals surface area (Å²) < 4.78 is 41.9. The Morgan fingerprint density at radius 1 is 0.931 bits per heavy atom. The van der Waals surface area contributed by atoms with Gasteiger partial charge in [0.1, 0.15) is 5.82 Å². The zero-order valence-corrected chi connectivity index (χ0v) is 16.3. The van der Waals surface area contributed by atoms with E-state index < -0.39 is 21.7 Å². The molecule has 0 saturated heterocycles. The molecular formula is C22H19FN2O3S. The van der Waals surface area contributed by atoms with Crippen molar-refractivity contribution >= 4 is 21.6 Å². The van der Waals surface area contributed by atoms with Crippen LogP contribution in [0.4, 0.5) is 10.1 Å². The second kappa shape index (κ2) is 7.77. The molecule has 0 aromatic heterocycles. The second-order valence-electron chi connectivity index (χ2n) is 6.82. The summed E-state index contributed by atoms with van der Waals surface area (Å²) in [6.07, 6.45) is 0.614. The lowest BCUT2D eigenvalue weighted by molar-refractivity contribution is 0.102. The third-order valence-corrected chi connectivity index (χ3v) is 6.80. The summed E-state index contributed by atoms with van der Waals surface area (Å²) in [5.41, 5.74) is 2.40. The Morgan fingerprint density at radius 2 is 1.62 bits per heavy atom. The van der Waals surface area contributed by atoms with E-state index in [2.05, 4.69) is 5.32 Å². The molecule has 29 heavy (non-hydrogen) atoms. The van der Waals surface area contributed by atoms with E-state index in [1.165, 1.54) is 16.4 Å². The van der Waals surface area contributed by atoms with Crippen molar-refractivity contribution in [3.63, 3.8) is 0 Å². The first kappa shape index (κ1) is 19.3. The summed E-state index contributed by atoms with van der Waals surface area (Å²) >= 11 is 0. The first-order valence-electron chi connectivity index (χ1n) is 9.18. The van der Waals surface area contributed by atoms with Crippen molar-refractivity contribution in [3.05, 3.63) is 95.3 Å². The van der Waals surface area contributed by atoms with Gasteiger partial charge in [0.05, 0.1) is 10.6 Å². The lowest BCUT2D eigenvalue weighted by atomic mass is 10.0. The highest BCUT2D eigenvalue weighted by Crippen LogP contribution is 2.27. The van der Waals surface area contributed by atoms with E-state index in [0.29, 0.717) is 18.5 Å². The van der Waals surface area contributed by atoms with Gasteiger partial charge in [-0.1, -0.05) is 42.5 Å². The van der Waals surface area contributed by atoms with E-state index in [1.54, 1.807) is 30.3 Å². The number of rotatable bonds is 4. The zero-order chi connectivity index (χ0) is 20.4. The lowest BCUT2D eigenvalue weighted by Crippen LogP contribution is -2.36. The third kappa shape index (κ3) is 3.92. The van der Waals surface area contributed by atoms with Crippen LogP contribution in [0.2, 0.25) is 0 Å².